The van der Waals surface area contributed by atoms with Crippen molar-refractivity contribution < 1.29 is 33.0 Å². The van der Waals surface area contributed by atoms with Gasteiger partial charge in [-0.3, -0.25) is 19.5 Å². The zero-order chi connectivity index (χ0) is 32.1. The molecule has 45 heavy (non-hydrogen) atoms. The van der Waals surface area contributed by atoms with E-state index in [2.05, 4.69) is 27.0 Å². The van der Waals surface area contributed by atoms with Gasteiger partial charge in [-0.1, -0.05) is 11.8 Å². The van der Waals surface area contributed by atoms with Crippen LogP contribution in [0, 0.1) is 23.5 Å². The van der Waals surface area contributed by atoms with E-state index >= 15 is 4.39 Å². The van der Waals surface area contributed by atoms with Gasteiger partial charge in [0.05, 0.1) is 25.3 Å². The molecule has 1 atom stereocenters. The Morgan fingerprint density at radius 1 is 1.16 bits per heavy atom. The fourth-order valence-electron chi connectivity index (χ4n) is 4.69. The summed E-state index contributed by atoms with van der Waals surface area (Å²) in [5, 5.41) is 13.6. The Labute approximate surface area is 258 Å². The number of ether oxygens (including phenoxy) is 2. The lowest BCUT2D eigenvalue weighted by atomic mass is 10.1. The molecule has 2 aliphatic rings. The molecule has 1 unspecified atom stereocenters. The van der Waals surface area contributed by atoms with E-state index in [-0.39, 0.29) is 40.3 Å². The number of nitrogens with one attached hydrogen (secondary N) is 1. The number of aromatic nitrogens is 1. The molecule has 1 aromatic heterocycles. The number of morpholine rings is 1. The molecule has 2 aromatic carbocycles. The molecule has 0 spiro atoms. The lowest BCUT2D eigenvalue weighted by Gasteiger charge is -2.39. The Hall–Kier alpha value is -5.03. The summed E-state index contributed by atoms with van der Waals surface area (Å²) in [6.07, 6.45) is 0.981. The van der Waals surface area contributed by atoms with E-state index in [1.807, 2.05) is 0 Å². The minimum atomic E-state index is -1.69. The minimum Gasteiger partial charge on any atom is -0.453 e. The molecule has 0 radical (unpaired) electrons. The Bertz CT molecular complexity index is 1660. The number of rotatable bonds is 7. The Balaban J connectivity index is 1.32. The highest BCUT2D eigenvalue weighted by atomic mass is 19.1. The van der Waals surface area contributed by atoms with Crippen LogP contribution in [-0.4, -0.2) is 76.9 Å². The number of urea groups is 1. The maximum Gasteiger partial charge on any atom is 0.331 e. The van der Waals surface area contributed by atoms with E-state index in [0.717, 1.165) is 36.2 Å². The Morgan fingerprint density at radius 2 is 1.89 bits per heavy atom. The summed E-state index contributed by atoms with van der Waals surface area (Å²) in [7, 11) is 0. The van der Waals surface area contributed by atoms with Crippen molar-refractivity contribution in [3.05, 3.63) is 83.7 Å². The van der Waals surface area contributed by atoms with Crippen molar-refractivity contribution in [2.24, 2.45) is 0 Å². The first kappa shape index (κ1) is 31.4. The number of benzene rings is 2. The van der Waals surface area contributed by atoms with Crippen molar-refractivity contribution in [1.29, 1.82) is 0 Å². The zero-order valence-electron chi connectivity index (χ0n) is 24.7. The van der Waals surface area contributed by atoms with Gasteiger partial charge in [-0.05, 0) is 50.2 Å². The van der Waals surface area contributed by atoms with Gasteiger partial charge in [0.25, 0.3) is 5.91 Å². The second-order valence-electron chi connectivity index (χ2n) is 10.5. The van der Waals surface area contributed by atoms with Crippen LogP contribution in [-0.2, 0) is 9.53 Å². The maximum atomic E-state index is 15.2. The predicted octanol–water partition coefficient (Wildman–Crippen LogP) is 3.91. The average Bonchev–Trinajstić information content (AvgIpc) is 3.01. The number of nitrogen functional groups attached to an aromatic ring is 1. The normalized spacial score (nSPS) is 17.1. The second-order valence-corrected chi connectivity index (χ2v) is 10.5. The number of aliphatic hydroxyl groups is 1. The Morgan fingerprint density at radius 3 is 2.58 bits per heavy atom. The number of nitrogens with zero attached hydrogens (tertiary/aromatic N) is 4. The third-order valence-electron chi connectivity index (χ3n) is 7.12. The molecule has 3 aromatic rings. The standard InChI is InChI=1S/C32H32F2N6O5/c1-20(2)39-19-25(31(42)40(32(39)43)23-8-5-21(33)6-9-23)30(41)37-22-7-10-28(26(34)18-22)45-27-11-12-36-29(35)24(27)4-3-13-38-14-16-44-17-15-38/h5-12,18-20,31,42H,13-17H2,1-2H3,(H2,35,36)(H,37,41). The number of hydrogen-bond donors (Lipinski definition) is 3. The van der Waals surface area contributed by atoms with Crippen LogP contribution < -0.4 is 20.7 Å². The van der Waals surface area contributed by atoms with Crippen LogP contribution in [0.3, 0.4) is 0 Å². The van der Waals surface area contributed by atoms with Crippen LogP contribution in [0.25, 0.3) is 0 Å². The van der Waals surface area contributed by atoms with Gasteiger partial charge in [0.15, 0.2) is 17.8 Å². The van der Waals surface area contributed by atoms with Crippen LogP contribution in [0.4, 0.5) is 30.8 Å². The van der Waals surface area contributed by atoms with Crippen molar-refractivity contribution in [2.75, 3.05) is 48.8 Å². The highest BCUT2D eigenvalue weighted by molar-refractivity contribution is 6.08. The summed E-state index contributed by atoms with van der Waals surface area (Å²) in [5.74, 6) is 4.13. The quantitative estimate of drug-likeness (QED) is 0.340. The summed E-state index contributed by atoms with van der Waals surface area (Å²) in [4.78, 5) is 34.9. The third kappa shape index (κ3) is 7.21. The molecule has 1 saturated heterocycles. The molecule has 3 amide bonds. The van der Waals surface area contributed by atoms with Gasteiger partial charge in [-0.15, -0.1) is 0 Å². The molecule has 4 N–H and O–H groups in total. The fourth-order valence-corrected chi connectivity index (χ4v) is 4.69. The molecular weight excluding hydrogens is 586 g/mol. The summed E-state index contributed by atoms with van der Waals surface area (Å²) in [5.41, 5.74) is 6.44. The molecule has 234 valence electrons. The van der Waals surface area contributed by atoms with Gasteiger partial charge in [0.2, 0.25) is 0 Å². The summed E-state index contributed by atoms with van der Waals surface area (Å²) in [6.45, 7) is 6.78. The molecule has 0 aliphatic carbocycles. The van der Waals surface area contributed by atoms with Crippen molar-refractivity contribution in [1.82, 2.24) is 14.8 Å². The molecule has 11 nitrogen and oxygen atoms in total. The number of carbonyl (C=O) groups excluding carboxylic acids is 2. The smallest absolute Gasteiger partial charge is 0.331 e. The SMILES string of the molecule is CC(C)N1C=C(C(=O)Nc2ccc(Oc3ccnc(N)c3C#CCN3CCOCC3)c(F)c2)C(O)N(c2ccc(F)cc2)C1=O. The number of anilines is 3. The highest BCUT2D eigenvalue weighted by Gasteiger charge is 2.38. The van der Waals surface area contributed by atoms with Crippen molar-refractivity contribution in [2.45, 2.75) is 26.1 Å². The predicted molar refractivity (Wildman–Crippen MR) is 163 cm³/mol. The highest BCUT2D eigenvalue weighted by Crippen LogP contribution is 2.32. The Kier molecular flexibility index (Phi) is 9.58. The van der Waals surface area contributed by atoms with Gasteiger partial charge in [-0.2, -0.15) is 0 Å². The number of carbonyl (C=O) groups is 2. The monoisotopic (exact) mass is 618 g/mol. The van der Waals surface area contributed by atoms with Gasteiger partial charge in [-0.25, -0.2) is 18.6 Å². The van der Waals surface area contributed by atoms with Gasteiger partial charge in [0.1, 0.15) is 22.9 Å². The molecule has 0 saturated carbocycles. The first-order valence-electron chi connectivity index (χ1n) is 14.2. The largest absolute Gasteiger partial charge is 0.453 e. The number of hydrogen-bond acceptors (Lipinski definition) is 8. The van der Waals surface area contributed by atoms with E-state index in [9.17, 15) is 19.1 Å². The van der Waals surface area contributed by atoms with E-state index in [1.165, 1.54) is 47.6 Å². The molecule has 1 fully saturated rings. The topological polar surface area (TPSA) is 133 Å². The van der Waals surface area contributed by atoms with Gasteiger partial charge >= 0.3 is 6.03 Å². The lowest BCUT2D eigenvalue weighted by Crippen LogP contribution is -2.55. The molecule has 3 heterocycles. The molecule has 2 aliphatic heterocycles. The van der Waals surface area contributed by atoms with Crippen LogP contribution in [0.1, 0.15) is 19.4 Å². The van der Waals surface area contributed by atoms with Gasteiger partial charge < -0.3 is 25.6 Å². The molecule has 0 bridgehead atoms. The maximum absolute atomic E-state index is 15.2. The number of pyridine rings is 1. The van der Waals surface area contributed by atoms with E-state index in [4.69, 9.17) is 15.2 Å². The summed E-state index contributed by atoms with van der Waals surface area (Å²) in [6, 6.07) is 9.27. The minimum absolute atomic E-state index is 0.0686. The van der Waals surface area contributed by atoms with Crippen LogP contribution in [0.15, 0.2) is 66.5 Å². The number of aliphatic hydroxyl groups excluding tert-OH is 1. The van der Waals surface area contributed by atoms with Crippen molar-refractivity contribution in [3.8, 4) is 23.3 Å². The van der Waals surface area contributed by atoms with E-state index < -0.39 is 29.8 Å². The molecule has 13 heteroatoms. The first-order chi connectivity index (χ1) is 21.6. The lowest BCUT2D eigenvalue weighted by molar-refractivity contribution is -0.113. The number of halogens is 2. The van der Waals surface area contributed by atoms with E-state index in [0.29, 0.717) is 25.3 Å². The summed E-state index contributed by atoms with van der Waals surface area (Å²) < 4.78 is 39.9. The molecule has 5 rings (SSSR count). The van der Waals surface area contributed by atoms with Crippen LogP contribution in [0.5, 0.6) is 11.5 Å². The summed E-state index contributed by atoms with van der Waals surface area (Å²) >= 11 is 0. The van der Waals surface area contributed by atoms with Crippen molar-refractivity contribution in [3.63, 3.8) is 0 Å². The average molecular weight is 619 g/mol. The third-order valence-corrected chi connectivity index (χ3v) is 7.12. The zero-order valence-corrected chi connectivity index (χ0v) is 24.7. The van der Waals surface area contributed by atoms with E-state index in [1.54, 1.807) is 13.8 Å². The molecular formula is C32H32F2N6O5. The van der Waals surface area contributed by atoms with Gasteiger partial charge in [0, 0.05) is 55.0 Å². The van der Waals surface area contributed by atoms with Crippen molar-refractivity contribution >= 4 is 29.1 Å². The number of amides is 3. The first-order valence-corrected chi connectivity index (χ1v) is 14.2. The fraction of sp³-hybridized carbons (Fsp3) is 0.281. The number of nitrogens with two attached hydrogens (primary N) is 1. The van der Waals surface area contributed by atoms with Crippen LogP contribution >= 0.6 is 0 Å². The van der Waals surface area contributed by atoms with Crippen LogP contribution in [0.2, 0.25) is 0 Å². The second kappa shape index (κ2) is 13.7.